The number of para-hydroxylation sites is 2. The second-order valence-electron chi connectivity index (χ2n) is 4.97. The average molecular weight is 271 g/mol. The van der Waals surface area contributed by atoms with Gasteiger partial charge in [0.1, 0.15) is 0 Å². The normalized spacial score (nSPS) is 18.7. The SMILES string of the molecule is Oc1cnc(N2CCC3(C2)Oc2ccccc2O3)nc1. The Bertz CT molecular complexity index is 619. The third kappa shape index (κ3) is 1.72. The van der Waals surface area contributed by atoms with E-state index in [0.29, 0.717) is 12.5 Å². The van der Waals surface area contributed by atoms with Gasteiger partial charge in [-0.3, -0.25) is 0 Å². The van der Waals surface area contributed by atoms with Crippen LogP contribution in [0.2, 0.25) is 0 Å². The molecule has 0 bridgehead atoms. The largest absolute Gasteiger partial charge is 0.505 e. The van der Waals surface area contributed by atoms with Crippen LogP contribution in [0.5, 0.6) is 17.2 Å². The number of hydrogen-bond acceptors (Lipinski definition) is 6. The Morgan fingerprint density at radius 2 is 1.75 bits per heavy atom. The minimum absolute atomic E-state index is 0.0587. The maximum atomic E-state index is 9.23. The highest BCUT2D eigenvalue weighted by atomic mass is 16.7. The van der Waals surface area contributed by atoms with Crippen LogP contribution in [0.25, 0.3) is 0 Å². The first-order chi connectivity index (χ1) is 9.74. The van der Waals surface area contributed by atoms with E-state index in [1.807, 2.05) is 29.2 Å². The molecule has 6 nitrogen and oxygen atoms in total. The van der Waals surface area contributed by atoms with Crippen molar-refractivity contribution >= 4 is 5.95 Å². The van der Waals surface area contributed by atoms with Crippen LogP contribution in [0.4, 0.5) is 5.95 Å². The van der Waals surface area contributed by atoms with Crippen LogP contribution in [0.1, 0.15) is 6.42 Å². The van der Waals surface area contributed by atoms with Crippen LogP contribution in [0.3, 0.4) is 0 Å². The van der Waals surface area contributed by atoms with Crippen molar-refractivity contribution in [2.24, 2.45) is 0 Å². The lowest BCUT2D eigenvalue weighted by atomic mass is 10.2. The Kier molecular flexibility index (Phi) is 2.26. The summed E-state index contributed by atoms with van der Waals surface area (Å²) in [5, 5.41) is 9.23. The van der Waals surface area contributed by atoms with E-state index in [0.717, 1.165) is 24.5 Å². The lowest BCUT2D eigenvalue weighted by Gasteiger charge is -2.22. The van der Waals surface area contributed by atoms with Gasteiger partial charge in [0.25, 0.3) is 5.79 Å². The van der Waals surface area contributed by atoms with Crippen molar-refractivity contribution < 1.29 is 14.6 Å². The molecule has 0 saturated carbocycles. The van der Waals surface area contributed by atoms with Crippen molar-refractivity contribution in [2.45, 2.75) is 12.2 Å². The molecule has 0 amide bonds. The molecule has 6 heteroatoms. The van der Waals surface area contributed by atoms with Gasteiger partial charge in [-0.05, 0) is 12.1 Å². The predicted molar refractivity (Wildman–Crippen MR) is 71.0 cm³/mol. The van der Waals surface area contributed by atoms with E-state index in [1.54, 1.807) is 0 Å². The molecule has 102 valence electrons. The molecule has 1 N–H and O–H groups in total. The second kappa shape index (κ2) is 4.00. The summed E-state index contributed by atoms with van der Waals surface area (Å²) in [5.74, 6) is 1.54. The van der Waals surface area contributed by atoms with Crippen molar-refractivity contribution in [1.82, 2.24) is 9.97 Å². The fourth-order valence-corrected chi connectivity index (χ4v) is 2.61. The molecule has 0 aliphatic carbocycles. The third-order valence-corrected chi connectivity index (χ3v) is 3.54. The van der Waals surface area contributed by atoms with E-state index in [1.165, 1.54) is 12.4 Å². The smallest absolute Gasteiger partial charge is 0.270 e. The molecule has 2 aromatic rings. The van der Waals surface area contributed by atoms with Crippen LogP contribution in [0.15, 0.2) is 36.7 Å². The van der Waals surface area contributed by atoms with Gasteiger partial charge in [-0.1, -0.05) is 12.1 Å². The predicted octanol–water partition coefficient (Wildman–Crippen LogP) is 1.56. The fourth-order valence-electron chi connectivity index (χ4n) is 2.61. The van der Waals surface area contributed by atoms with E-state index in [4.69, 9.17) is 9.47 Å². The number of ether oxygens (including phenoxy) is 2. The Hall–Kier alpha value is -2.50. The Morgan fingerprint density at radius 3 is 2.40 bits per heavy atom. The number of hydrogen-bond donors (Lipinski definition) is 1. The van der Waals surface area contributed by atoms with Crippen LogP contribution >= 0.6 is 0 Å². The lowest BCUT2D eigenvalue weighted by molar-refractivity contribution is -0.0578. The topological polar surface area (TPSA) is 67.7 Å². The number of aromatic nitrogens is 2. The Morgan fingerprint density at radius 1 is 1.10 bits per heavy atom. The molecule has 2 aliphatic heterocycles. The van der Waals surface area contributed by atoms with E-state index in [2.05, 4.69) is 9.97 Å². The summed E-state index contributed by atoms with van der Waals surface area (Å²) in [4.78, 5) is 10.2. The molecule has 0 atom stereocenters. The first-order valence-corrected chi connectivity index (χ1v) is 6.47. The van der Waals surface area contributed by atoms with Crippen molar-refractivity contribution in [2.75, 3.05) is 18.0 Å². The van der Waals surface area contributed by atoms with E-state index >= 15 is 0 Å². The lowest BCUT2D eigenvalue weighted by Crippen LogP contribution is -2.41. The molecule has 0 radical (unpaired) electrons. The molecule has 2 aliphatic rings. The quantitative estimate of drug-likeness (QED) is 0.849. The van der Waals surface area contributed by atoms with Crippen molar-refractivity contribution in [3.8, 4) is 17.2 Å². The maximum absolute atomic E-state index is 9.23. The van der Waals surface area contributed by atoms with E-state index < -0.39 is 5.79 Å². The Balaban J connectivity index is 1.56. The fraction of sp³-hybridized carbons (Fsp3) is 0.286. The first-order valence-electron chi connectivity index (χ1n) is 6.47. The van der Waals surface area contributed by atoms with Crippen LogP contribution in [0, 0.1) is 0 Å². The van der Waals surface area contributed by atoms with Gasteiger partial charge in [-0.25, -0.2) is 9.97 Å². The summed E-state index contributed by atoms with van der Waals surface area (Å²) in [7, 11) is 0. The number of nitrogens with zero attached hydrogens (tertiary/aromatic N) is 3. The zero-order valence-corrected chi connectivity index (χ0v) is 10.7. The number of aromatic hydroxyl groups is 1. The van der Waals surface area contributed by atoms with Gasteiger partial charge in [0, 0.05) is 13.0 Å². The second-order valence-corrected chi connectivity index (χ2v) is 4.97. The molecule has 1 spiro atoms. The van der Waals surface area contributed by atoms with Crippen LogP contribution in [-0.4, -0.2) is 34.0 Å². The highest BCUT2D eigenvalue weighted by molar-refractivity contribution is 5.45. The number of fused-ring (bicyclic) bond motifs is 1. The molecular weight excluding hydrogens is 258 g/mol. The average Bonchev–Trinajstić information content (AvgIpc) is 3.03. The van der Waals surface area contributed by atoms with Gasteiger partial charge >= 0.3 is 0 Å². The maximum Gasteiger partial charge on any atom is 0.270 e. The summed E-state index contributed by atoms with van der Waals surface area (Å²) in [6.45, 7) is 1.31. The molecule has 3 heterocycles. The van der Waals surface area contributed by atoms with Crippen LogP contribution in [-0.2, 0) is 0 Å². The van der Waals surface area contributed by atoms with Crippen molar-refractivity contribution in [3.05, 3.63) is 36.7 Å². The molecule has 1 fully saturated rings. The summed E-state index contributed by atoms with van der Waals surface area (Å²) in [6.07, 6.45) is 3.52. The molecule has 20 heavy (non-hydrogen) atoms. The molecule has 0 unspecified atom stereocenters. The van der Waals surface area contributed by atoms with Gasteiger partial charge < -0.3 is 19.5 Å². The first kappa shape index (κ1) is 11.3. The molecule has 1 saturated heterocycles. The van der Waals surface area contributed by atoms with Crippen molar-refractivity contribution in [1.29, 1.82) is 0 Å². The van der Waals surface area contributed by atoms with Gasteiger partial charge in [0.15, 0.2) is 17.2 Å². The van der Waals surface area contributed by atoms with Gasteiger partial charge in [-0.15, -0.1) is 0 Å². The highest BCUT2D eigenvalue weighted by Gasteiger charge is 2.48. The monoisotopic (exact) mass is 271 g/mol. The molecule has 4 rings (SSSR count). The van der Waals surface area contributed by atoms with Gasteiger partial charge in [0.05, 0.1) is 18.9 Å². The number of benzene rings is 1. The van der Waals surface area contributed by atoms with Gasteiger partial charge in [-0.2, -0.15) is 0 Å². The van der Waals surface area contributed by atoms with E-state index in [9.17, 15) is 5.11 Å². The minimum atomic E-state index is -0.648. The highest BCUT2D eigenvalue weighted by Crippen LogP contribution is 2.43. The summed E-state index contributed by atoms with van der Waals surface area (Å²) >= 11 is 0. The minimum Gasteiger partial charge on any atom is -0.505 e. The standard InChI is InChI=1S/C14H13N3O3/c18-10-7-15-13(16-8-10)17-6-5-14(9-17)19-11-3-1-2-4-12(11)20-14/h1-4,7-8,18H,5-6,9H2. The number of rotatable bonds is 1. The zero-order valence-electron chi connectivity index (χ0n) is 10.7. The van der Waals surface area contributed by atoms with Crippen molar-refractivity contribution in [3.63, 3.8) is 0 Å². The Labute approximate surface area is 115 Å². The molecular formula is C14H13N3O3. The third-order valence-electron chi connectivity index (χ3n) is 3.54. The zero-order chi connectivity index (χ0) is 13.6. The summed E-state index contributed by atoms with van der Waals surface area (Å²) in [5.41, 5.74) is 0. The summed E-state index contributed by atoms with van der Waals surface area (Å²) in [6, 6.07) is 7.67. The van der Waals surface area contributed by atoms with Crippen LogP contribution < -0.4 is 14.4 Å². The number of anilines is 1. The molecule has 1 aromatic carbocycles. The van der Waals surface area contributed by atoms with Gasteiger partial charge in [0.2, 0.25) is 5.95 Å². The molecule has 1 aromatic heterocycles. The summed E-state index contributed by atoms with van der Waals surface area (Å²) < 4.78 is 11.9. The van der Waals surface area contributed by atoms with E-state index in [-0.39, 0.29) is 5.75 Å².